The Hall–Kier alpha value is -2.89. The van der Waals surface area contributed by atoms with Crippen LogP contribution in [0.15, 0.2) is 49.1 Å². The Morgan fingerprint density at radius 2 is 1.96 bits per heavy atom. The second kappa shape index (κ2) is 7.12. The fourth-order valence-corrected chi connectivity index (χ4v) is 2.52. The maximum absolute atomic E-state index is 5.40. The van der Waals surface area contributed by atoms with Crippen LogP contribution in [0.5, 0.6) is 5.88 Å². The Balaban J connectivity index is 1.72. The van der Waals surface area contributed by atoms with Crippen LogP contribution in [0.3, 0.4) is 0 Å². The zero-order valence-electron chi connectivity index (χ0n) is 14.1. The number of aromatic nitrogens is 4. The molecule has 0 bridgehead atoms. The lowest BCUT2D eigenvalue weighted by molar-refractivity contribution is 0.326. The van der Waals surface area contributed by atoms with Crippen LogP contribution in [-0.4, -0.2) is 26.1 Å². The first kappa shape index (κ1) is 16.0. The van der Waals surface area contributed by atoms with E-state index in [1.54, 1.807) is 6.20 Å². The van der Waals surface area contributed by atoms with Crippen molar-refractivity contribution in [2.75, 3.05) is 11.9 Å². The number of hydrogen-bond donors (Lipinski definition) is 1. The molecule has 3 rings (SSSR count). The lowest BCUT2D eigenvalue weighted by Gasteiger charge is -2.16. The SMILES string of the molecule is CCOc1cc(NC(C)c2ccc(-n3ccnc3C)cc2)ncn1. The summed E-state index contributed by atoms with van der Waals surface area (Å²) in [5.74, 6) is 2.29. The molecule has 1 unspecified atom stereocenters. The summed E-state index contributed by atoms with van der Waals surface area (Å²) in [6.45, 7) is 6.60. The second-order valence-corrected chi connectivity index (χ2v) is 5.48. The number of anilines is 1. The molecule has 0 aliphatic rings. The molecular weight excluding hydrogens is 302 g/mol. The molecular formula is C18H21N5O. The minimum absolute atomic E-state index is 0.118. The molecule has 2 heterocycles. The van der Waals surface area contributed by atoms with Crippen LogP contribution in [0.25, 0.3) is 5.69 Å². The lowest BCUT2D eigenvalue weighted by Crippen LogP contribution is -2.09. The predicted octanol–water partition coefficient (Wildman–Crippen LogP) is 3.54. The maximum atomic E-state index is 5.40. The highest BCUT2D eigenvalue weighted by Crippen LogP contribution is 2.21. The Labute approximate surface area is 141 Å². The van der Waals surface area contributed by atoms with Crippen molar-refractivity contribution in [2.24, 2.45) is 0 Å². The van der Waals surface area contributed by atoms with Gasteiger partial charge in [0.2, 0.25) is 5.88 Å². The first-order valence-electron chi connectivity index (χ1n) is 7.99. The first-order valence-corrected chi connectivity index (χ1v) is 7.99. The van der Waals surface area contributed by atoms with E-state index in [0.29, 0.717) is 12.5 Å². The number of aryl methyl sites for hydroxylation is 1. The van der Waals surface area contributed by atoms with Crippen LogP contribution < -0.4 is 10.1 Å². The van der Waals surface area contributed by atoms with E-state index in [2.05, 4.69) is 56.0 Å². The van der Waals surface area contributed by atoms with Crippen LogP contribution >= 0.6 is 0 Å². The highest BCUT2D eigenvalue weighted by Gasteiger charge is 2.08. The summed E-state index contributed by atoms with van der Waals surface area (Å²) >= 11 is 0. The summed E-state index contributed by atoms with van der Waals surface area (Å²) in [5.41, 5.74) is 2.27. The van der Waals surface area contributed by atoms with Gasteiger partial charge in [-0.2, -0.15) is 0 Å². The number of rotatable bonds is 6. The predicted molar refractivity (Wildman–Crippen MR) is 93.5 cm³/mol. The molecule has 1 N–H and O–H groups in total. The number of benzene rings is 1. The minimum atomic E-state index is 0.118. The summed E-state index contributed by atoms with van der Waals surface area (Å²) in [5, 5.41) is 3.37. The normalized spacial score (nSPS) is 12.0. The smallest absolute Gasteiger partial charge is 0.218 e. The van der Waals surface area contributed by atoms with Gasteiger partial charge in [-0.1, -0.05) is 12.1 Å². The molecule has 3 aromatic rings. The summed E-state index contributed by atoms with van der Waals surface area (Å²) in [7, 11) is 0. The third-order valence-corrected chi connectivity index (χ3v) is 3.80. The number of hydrogen-bond acceptors (Lipinski definition) is 5. The molecule has 1 aromatic carbocycles. The van der Waals surface area contributed by atoms with Crippen LogP contribution in [-0.2, 0) is 0 Å². The van der Waals surface area contributed by atoms with Crippen molar-refractivity contribution in [1.82, 2.24) is 19.5 Å². The zero-order chi connectivity index (χ0) is 16.9. The highest BCUT2D eigenvalue weighted by molar-refractivity contribution is 5.42. The number of nitrogens with one attached hydrogen (secondary N) is 1. The van der Waals surface area contributed by atoms with Crippen molar-refractivity contribution in [3.8, 4) is 11.6 Å². The van der Waals surface area contributed by atoms with E-state index in [1.165, 1.54) is 11.9 Å². The van der Waals surface area contributed by atoms with Gasteiger partial charge in [-0.05, 0) is 38.5 Å². The maximum Gasteiger partial charge on any atom is 0.218 e. The molecule has 0 radical (unpaired) electrons. The molecule has 0 saturated carbocycles. The monoisotopic (exact) mass is 323 g/mol. The summed E-state index contributed by atoms with van der Waals surface area (Å²) in [6.07, 6.45) is 5.27. The Morgan fingerprint density at radius 3 is 2.62 bits per heavy atom. The third kappa shape index (κ3) is 3.53. The molecule has 1 atom stereocenters. The quantitative estimate of drug-likeness (QED) is 0.751. The van der Waals surface area contributed by atoms with Gasteiger partial charge in [-0.3, -0.25) is 0 Å². The Kier molecular flexibility index (Phi) is 4.74. The van der Waals surface area contributed by atoms with Gasteiger partial charge in [-0.25, -0.2) is 15.0 Å². The van der Waals surface area contributed by atoms with Gasteiger partial charge in [0.25, 0.3) is 0 Å². The van der Waals surface area contributed by atoms with Crippen molar-refractivity contribution in [3.05, 3.63) is 60.4 Å². The van der Waals surface area contributed by atoms with Crippen molar-refractivity contribution in [1.29, 1.82) is 0 Å². The summed E-state index contributed by atoms with van der Waals surface area (Å²) in [6, 6.07) is 10.3. The largest absolute Gasteiger partial charge is 0.478 e. The summed E-state index contributed by atoms with van der Waals surface area (Å²) < 4.78 is 7.46. The van der Waals surface area contributed by atoms with E-state index in [4.69, 9.17) is 4.74 Å². The molecule has 0 aliphatic carbocycles. The molecule has 0 amide bonds. The van der Waals surface area contributed by atoms with Gasteiger partial charge in [0.05, 0.1) is 6.61 Å². The topological polar surface area (TPSA) is 64.9 Å². The van der Waals surface area contributed by atoms with Crippen LogP contribution in [0.2, 0.25) is 0 Å². The number of imidazole rings is 1. The van der Waals surface area contributed by atoms with Crippen molar-refractivity contribution >= 4 is 5.82 Å². The van der Waals surface area contributed by atoms with Gasteiger partial charge in [0.15, 0.2) is 0 Å². The van der Waals surface area contributed by atoms with E-state index in [-0.39, 0.29) is 6.04 Å². The van der Waals surface area contributed by atoms with Gasteiger partial charge in [0.1, 0.15) is 18.0 Å². The van der Waals surface area contributed by atoms with Crippen molar-refractivity contribution in [2.45, 2.75) is 26.8 Å². The second-order valence-electron chi connectivity index (χ2n) is 5.48. The molecule has 0 aliphatic heterocycles. The molecule has 6 nitrogen and oxygen atoms in total. The molecule has 0 saturated heterocycles. The molecule has 2 aromatic heterocycles. The Bertz CT molecular complexity index is 797. The molecule has 0 spiro atoms. The number of nitrogens with zero attached hydrogens (tertiary/aromatic N) is 4. The standard InChI is InChI=1S/C18H21N5O/c1-4-24-18-11-17(20-12-21-18)22-13(2)15-5-7-16(8-6-15)23-10-9-19-14(23)3/h5-13H,4H2,1-3H3,(H,20,21,22). The van der Waals surface area contributed by atoms with Crippen molar-refractivity contribution < 1.29 is 4.74 Å². The molecule has 0 fully saturated rings. The van der Waals surface area contributed by atoms with Crippen LogP contribution in [0.4, 0.5) is 5.82 Å². The molecule has 6 heteroatoms. The van der Waals surface area contributed by atoms with Gasteiger partial charge in [-0.15, -0.1) is 0 Å². The van der Waals surface area contributed by atoms with E-state index in [1.807, 2.05) is 26.1 Å². The van der Waals surface area contributed by atoms with Crippen molar-refractivity contribution in [3.63, 3.8) is 0 Å². The highest BCUT2D eigenvalue weighted by atomic mass is 16.5. The number of ether oxygens (including phenoxy) is 1. The lowest BCUT2D eigenvalue weighted by atomic mass is 10.1. The average Bonchev–Trinajstić information content (AvgIpc) is 3.02. The zero-order valence-corrected chi connectivity index (χ0v) is 14.1. The van der Waals surface area contributed by atoms with Gasteiger partial charge in [0, 0.05) is 30.2 Å². The minimum Gasteiger partial charge on any atom is -0.478 e. The molecule has 124 valence electrons. The van der Waals surface area contributed by atoms with Crippen LogP contribution in [0.1, 0.15) is 31.3 Å². The fourth-order valence-electron chi connectivity index (χ4n) is 2.52. The average molecular weight is 323 g/mol. The molecule has 24 heavy (non-hydrogen) atoms. The van der Waals surface area contributed by atoms with Crippen LogP contribution in [0, 0.1) is 6.92 Å². The third-order valence-electron chi connectivity index (χ3n) is 3.80. The van der Waals surface area contributed by atoms with E-state index in [9.17, 15) is 0 Å². The van der Waals surface area contributed by atoms with E-state index < -0.39 is 0 Å². The fraction of sp³-hybridized carbons (Fsp3) is 0.278. The van der Waals surface area contributed by atoms with Gasteiger partial charge >= 0.3 is 0 Å². The van der Waals surface area contributed by atoms with Gasteiger partial charge < -0.3 is 14.6 Å². The van der Waals surface area contributed by atoms with E-state index in [0.717, 1.165) is 17.3 Å². The first-order chi connectivity index (χ1) is 11.7. The summed E-state index contributed by atoms with van der Waals surface area (Å²) in [4.78, 5) is 12.6. The Morgan fingerprint density at radius 1 is 1.17 bits per heavy atom. The van der Waals surface area contributed by atoms with E-state index >= 15 is 0 Å².